The van der Waals surface area contributed by atoms with E-state index in [4.69, 9.17) is 4.74 Å². The molecule has 0 N–H and O–H groups in total. The molecule has 122 valence electrons. The normalized spacial score (nSPS) is 30.0. The summed E-state index contributed by atoms with van der Waals surface area (Å²) in [6.45, 7) is 6.96. The van der Waals surface area contributed by atoms with Crippen LogP contribution in [-0.2, 0) is 16.6 Å². The van der Waals surface area contributed by atoms with Crippen molar-refractivity contribution in [3.8, 4) is 0 Å². The molecule has 0 spiro atoms. The van der Waals surface area contributed by atoms with Crippen molar-refractivity contribution in [1.29, 1.82) is 0 Å². The molecule has 0 radical (unpaired) electrons. The molecule has 0 unspecified atom stereocenters. The zero-order chi connectivity index (χ0) is 15.7. The number of nitrogens with zero attached hydrogens (tertiary/aromatic N) is 4. The maximum Gasteiger partial charge on any atom is 0.236 e. The number of rotatable bonds is 3. The molecule has 0 bridgehead atoms. The maximum absolute atomic E-state index is 12.6. The molecule has 3 atom stereocenters. The van der Waals surface area contributed by atoms with Crippen LogP contribution in [0.4, 0.5) is 0 Å². The number of carbonyl (C=O) groups is 1. The molecule has 2 fully saturated rings. The van der Waals surface area contributed by atoms with Gasteiger partial charge in [-0.3, -0.25) is 14.4 Å². The number of carbonyl (C=O) groups excluding carboxylic acids is 1. The van der Waals surface area contributed by atoms with Gasteiger partial charge in [0.1, 0.15) is 0 Å². The van der Waals surface area contributed by atoms with Crippen LogP contribution >= 0.6 is 0 Å². The van der Waals surface area contributed by atoms with E-state index >= 15 is 0 Å². The molecule has 22 heavy (non-hydrogen) atoms. The van der Waals surface area contributed by atoms with Crippen LogP contribution < -0.4 is 0 Å². The molecule has 0 aromatic carbocycles. The van der Waals surface area contributed by atoms with Gasteiger partial charge in [-0.15, -0.1) is 0 Å². The van der Waals surface area contributed by atoms with Gasteiger partial charge in [-0.25, -0.2) is 0 Å². The third kappa shape index (κ3) is 3.33. The molecule has 1 aromatic rings. The average Bonchev–Trinajstić information content (AvgIpc) is 3.06. The fourth-order valence-corrected chi connectivity index (χ4v) is 3.66. The smallest absolute Gasteiger partial charge is 0.236 e. The molecule has 0 saturated carbocycles. The lowest BCUT2D eigenvalue weighted by molar-refractivity contribution is -0.144. The van der Waals surface area contributed by atoms with Crippen LogP contribution in [-0.4, -0.2) is 63.9 Å². The second-order valence-corrected chi connectivity index (χ2v) is 6.63. The topological polar surface area (TPSA) is 50.6 Å². The van der Waals surface area contributed by atoms with Gasteiger partial charge in [0, 0.05) is 37.9 Å². The summed E-state index contributed by atoms with van der Waals surface area (Å²) in [5.74, 6) is 0.220. The van der Waals surface area contributed by atoms with Crippen molar-refractivity contribution in [3.05, 3.63) is 18.0 Å². The summed E-state index contributed by atoms with van der Waals surface area (Å²) in [6, 6.07) is 0.327. The standard InChI is InChI=1S/C16H26N4O2/c1-12-8-20(9-13(2)22-12)16(21)11-19-6-4-5-15(19)14-7-17-18(3)10-14/h7,10,12-13,15H,4-6,8-9,11H2,1-3H3/t12-,13+,15-/m0/s1. The van der Waals surface area contributed by atoms with E-state index < -0.39 is 0 Å². The average molecular weight is 306 g/mol. The molecule has 6 nitrogen and oxygen atoms in total. The van der Waals surface area contributed by atoms with Crippen LogP contribution in [0.2, 0.25) is 0 Å². The number of morpholine rings is 1. The first kappa shape index (κ1) is 15.5. The van der Waals surface area contributed by atoms with E-state index in [0.717, 1.165) is 19.4 Å². The van der Waals surface area contributed by atoms with Gasteiger partial charge in [0.05, 0.1) is 24.9 Å². The summed E-state index contributed by atoms with van der Waals surface area (Å²) in [6.07, 6.45) is 6.48. The fourth-order valence-electron chi connectivity index (χ4n) is 3.66. The van der Waals surface area contributed by atoms with Crippen molar-refractivity contribution in [2.75, 3.05) is 26.2 Å². The number of hydrogen-bond donors (Lipinski definition) is 0. The molecule has 2 aliphatic heterocycles. The number of likely N-dealkylation sites (tertiary alicyclic amines) is 1. The van der Waals surface area contributed by atoms with Gasteiger partial charge in [0.25, 0.3) is 0 Å². The molecule has 3 rings (SSSR count). The Kier molecular flexibility index (Phi) is 4.49. The molecule has 3 heterocycles. The van der Waals surface area contributed by atoms with Crippen molar-refractivity contribution >= 4 is 5.91 Å². The van der Waals surface area contributed by atoms with Gasteiger partial charge in [0.2, 0.25) is 5.91 Å². The second kappa shape index (κ2) is 6.38. The molecule has 2 saturated heterocycles. The SMILES string of the molecule is C[C@@H]1CN(C(=O)CN2CCC[C@H]2c2cnn(C)c2)C[C@H](C)O1. The molecule has 0 aliphatic carbocycles. The summed E-state index contributed by atoms with van der Waals surface area (Å²) in [4.78, 5) is 16.9. The number of aryl methyl sites for hydroxylation is 1. The van der Waals surface area contributed by atoms with Crippen molar-refractivity contribution in [3.63, 3.8) is 0 Å². The summed E-state index contributed by atoms with van der Waals surface area (Å²) < 4.78 is 7.54. The fraction of sp³-hybridized carbons (Fsp3) is 0.750. The van der Waals surface area contributed by atoms with Crippen molar-refractivity contribution in [2.45, 2.75) is 44.9 Å². The number of ether oxygens (including phenoxy) is 1. The molecule has 1 amide bonds. The first-order valence-corrected chi connectivity index (χ1v) is 8.18. The molecular formula is C16H26N4O2. The second-order valence-electron chi connectivity index (χ2n) is 6.63. The minimum absolute atomic E-state index is 0.125. The monoisotopic (exact) mass is 306 g/mol. The predicted octanol–water partition coefficient (Wildman–Crippen LogP) is 1.19. The van der Waals surface area contributed by atoms with Gasteiger partial charge in [-0.1, -0.05) is 0 Å². The van der Waals surface area contributed by atoms with E-state index in [9.17, 15) is 4.79 Å². The van der Waals surface area contributed by atoms with E-state index in [-0.39, 0.29) is 18.1 Å². The molecule has 1 aromatic heterocycles. The highest BCUT2D eigenvalue weighted by molar-refractivity contribution is 5.78. The highest BCUT2D eigenvalue weighted by atomic mass is 16.5. The van der Waals surface area contributed by atoms with E-state index in [1.54, 1.807) is 0 Å². The Morgan fingerprint density at radius 1 is 1.36 bits per heavy atom. The van der Waals surface area contributed by atoms with E-state index in [1.807, 2.05) is 36.7 Å². The van der Waals surface area contributed by atoms with Crippen molar-refractivity contribution in [1.82, 2.24) is 19.6 Å². The van der Waals surface area contributed by atoms with Gasteiger partial charge >= 0.3 is 0 Å². The minimum Gasteiger partial charge on any atom is -0.372 e. The molecule has 6 heteroatoms. The third-order valence-electron chi connectivity index (χ3n) is 4.58. The molecule has 2 aliphatic rings. The number of aromatic nitrogens is 2. The van der Waals surface area contributed by atoms with Crippen LogP contribution in [0, 0.1) is 0 Å². The van der Waals surface area contributed by atoms with E-state index in [0.29, 0.717) is 25.7 Å². The van der Waals surface area contributed by atoms with Crippen molar-refractivity contribution in [2.24, 2.45) is 7.05 Å². The lowest BCUT2D eigenvalue weighted by atomic mass is 10.1. The first-order chi connectivity index (χ1) is 10.5. The maximum atomic E-state index is 12.6. The zero-order valence-corrected chi connectivity index (χ0v) is 13.7. The van der Waals surface area contributed by atoms with Gasteiger partial charge in [-0.05, 0) is 33.2 Å². The van der Waals surface area contributed by atoms with Gasteiger partial charge < -0.3 is 9.64 Å². The minimum atomic E-state index is 0.125. The Bertz CT molecular complexity index is 520. The molecular weight excluding hydrogens is 280 g/mol. The van der Waals surface area contributed by atoms with Crippen LogP contribution in [0.15, 0.2) is 12.4 Å². The van der Waals surface area contributed by atoms with E-state index in [1.165, 1.54) is 5.56 Å². The first-order valence-electron chi connectivity index (χ1n) is 8.18. The number of amides is 1. The lowest BCUT2D eigenvalue weighted by Gasteiger charge is -2.36. The van der Waals surface area contributed by atoms with Crippen LogP contribution in [0.5, 0.6) is 0 Å². The quantitative estimate of drug-likeness (QED) is 0.842. The number of hydrogen-bond acceptors (Lipinski definition) is 4. The van der Waals surface area contributed by atoms with Crippen molar-refractivity contribution < 1.29 is 9.53 Å². The zero-order valence-electron chi connectivity index (χ0n) is 13.7. The van der Waals surface area contributed by atoms with E-state index in [2.05, 4.69) is 16.2 Å². The lowest BCUT2D eigenvalue weighted by Crippen LogP contribution is -2.51. The summed E-state index contributed by atoms with van der Waals surface area (Å²) in [5.41, 5.74) is 1.22. The Morgan fingerprint density at radius 2 is 2.09 bits per heavy atom. The Labute approximate surface area is 132 Å². The summed E-state index contributed by atoms with van der Waals surface area (Å²) in [7, 11) is 1.93. The van der Waals surface area contributed by atoms with Crippen LogP contribution in [0.3, 0.4) is 0 Å². The van der Waals surface area contributed by atoms with Crippen LogP contribution in [0.1, 0.15) is 38.3 Å². The Balaban J connectivity index is 1.63. The van der Waals surface area contributed by atoms with Gasteiger partial charge in [-0.2, -0.15) is 5.10 Å². The van der Waals surface area contributed by atoms with Crippen LogP contribution in [0.25, 0.3) is 0 Å². The highest BCUT2D eigenvalue weighted by Crippen LogP contribution is 2.31. The van der Waals surface area contributed by atoms with Gasteiger partial charge in [0.15, 0.2) is 0 Å². The third-order valence-corrected chi connectivity index (χ3v) is 4.58. The Hall–Kier alpha value is -1.40. The highest BCUT2D eigenvalue weighted by Gasteiger charge is 2.32. The summed E-state index contributed by atoms with van der Waals surface area (Å²) >= 11 is 0. The predicted molar refractivity (Wildman–Crippen MR) is 83.3 cm³/mol. The largest absolute Gasteiger partial charge is 0.372 e. The Morgan fingerprint density at radius 3 is 2.73 bits per heavy atom. The summed E-state index contributed by atoms with van der Waals surface area (Å²) in [5, 5.41) is 4.26.